The molecule has 0 spiro atoms. The van der Waals surface area contributed by atoms with Crippen LogP contribution in [-0.4, -0.2) is 0 Å². The Balaban J connectivity index is 2.93. The van der Waals surface area contributed by atoms with Crippen molar-refractivity contribution in [2.24, 2.45) is 5.73 Å². The van der Waals surface area contributed by atoms with Crippen LogP contribution in [0.3, 0.4) is 0 Å². The molecule has 59 valence electrons. The Bertz CT molecular complexity index is 233. The van der Waals surface area contributed by atoms with Gasteiger partial charge >= 0.3 is 0 Å². The second-order valence-electron chi connectivity index (χ2n) is 2.57. The highest BCUT2D eigenvalue weighted by Gasteiger charge is 2.04. The summed E-state index contributed by atoms with van der Waals surface area (Å²) in [4.78, 5) is 0. The van der Waals surface area contributed by atoms with Gasteiger partial charge in [-0.1, -0.05) is 19.1 Å². The van der Waals surface area contributed by atoms with Gasteiger partial charge in [0.25, 0.3) is 0 Å². The fourth-order valence-corrected chi connectivity index (χ4v) is 1.01. The van der Waals surface area contributed by atoms with Crippen LogP contribution in [0.5, 0.6) is 0 Å². The smallest absolute Gasteiger partial charge is 0.0368 e. The van der Waals surface area contributed by atoms with E-state index < -0.39 is 0 Å². The molecule has 1 atom stereocenters. The molecule has 1 rings (SSSR count). The monoisotopic (exact) mass is 149 g/mol. The minimum atomic E-state index is 0.0598. The second-order valence-corrected chi connectivity index (χ2v) is 2.57. The Labute approximate surface area is 67.2 Å². The molecule has 0 aliphatic heterocycles. The molecule has 0 heterocycles. The summed E-state index contributed by atoms with van der Waals surface area (Å²) < 4.78 is 0. The van der Waals surface area contributed by atoms with Crippen LogP contribution in [0.2, 0.25) is 0 Å². The van der Waals surface area contributed by atoms with Crippen LogP contribution in [-0.2, 0) is 0 Å². The summed E-state index contributed by atoms with van der Waals surface area (Å²) in [5, 5.41) is 0. The van der Waals surface area contributed by atoms with E-state index in [1.807, 2.05) is 19.1 Å². The third-order valence-electron chi connectivity index (χ3n) is 1.77. The number of hydrogen-bond donors (Lipinski definition) is 2. The molecule has 0 bridgehead atoms. The summed E-state index contributed by atoms with van der Waals surface area (Å²) in [6.45, 7) is 2.04. The van der Waals surface area contributed by atoms with E-state index in [0.717, 1.165) is 17.7 Å². The van der Waals surface area contributed by atoms with Crippen molar-refractivity contribution in [1.82, 2.24) is 0 Å². The number of nitrogens with two attached hydrogens (primary N) is 2. The maximum atomic E-state index is 5.80. The Morgan fingerprint density at radius 1 is 1.64 bits per heavy atom. The molecule has 1 aromatic rings. The fraction of sp³-hybridized carbons (Fsp3) is 0.333. The molecule has 0 fully saturated rings. The molecule has 0 amide bonds. The maximum Gasteiger partial charge on any atom is 0.0368 e. The molecule has 0 saturated heterocycles. The van der Waals surface area contributed by atoms with Crippen LogP contribution in [0.4, 0.5) is 5.69 Å². The minimum absolute atomic E-state index is 0.0598. The molecule has 0 aliphatic rings. The van der Waals surface area contributed by atoms with Crippen molar-refractivity contribution in [2.75, 3.05) is 5.73 Å². The first-order valence-corrected chi connectivity index (χ1v) is 3.76. The third-order valence-corrected chi connectivity index (χ3v) is 1.77. The molecular weight excluding hydrogens is 136 g/mol. The molecule has 1 unspecified atom stereocenters. The highest BCUT2D eigenvalue weighted by molar-refractivity contribution is 5.47. The van der Waals surface area contributed by atoms with Crippen LogP contribution in [0.1, 0.15) is 24.9 Å². The van der Waals surface area contributed by atoms with E-state index in [0.29, 0.717) is 0 Å². The van der Waals surface area contributed by atoms with Gasteiger partial charge in [0.15, 0.2) is 0 Å². The van der Waals surface area contributed by atoms with E-state index in [1.54, 1.807) is 6.07 Å². The highest BCUT2D eigenvalue weighted by Crippen LogP contribution is 2.19. The number of anilines is 1. The summed E-state index contributed by atoms with van der Waals surface area (Å²) in [5.41, 5.74) is 13.2. The molecule has 1 radical (unpaired) electrons. The van der Waals surface area contributed by atoms with Gasteiger partial charge in [-0.15, -0.1) is 0 Å². The molecule has 1 aromatic carbocycles. The average molecular weight is 149 g/mol. The Morgan fingerprint density at radius 2 is 2.36 bits per heavy atom. The SMILES string of the molecule is CCC(N)c1cc[c]cc1N. The van der Waals surface area contributed by atoms with Gasteiger partial charge in [-0.05, 0) is 24.1 Å². The van der Waals surface area contributed by atoms with E-state index in [4.69, 9.17) is 11.5 Å². The third kappa shape index (κ3) is 1.71. The van der Waals surface area contributed by atoms with Gasteiger partial charge in [0.1, 0.15) is 0 Å². The van der Waals surface area contributed by atoms with E-state index in [1.165, 1.54) is 0 Å². The van der Waals surface area contributed by atoms with Gasteiger partial charge in [-0.25, -0.2) is 0 Å². The Kier molecular flexibility index (Phi) is 2.49. The first-order chi connectivity index (χ1) is 5.25. The molecule has 0 saturated carbocycles. The summed E-state index contributed by atoms with van der Waals surface area (Å²) in [6.07, 6.45) is 0.911. The number of nitrogen functional groups attached to an aromatic ring is 1. The summed E-state index contributed by atoms with van der Waals surface area (Å²) in [5.74, 6) is 0. The van der Waals surface area contributed by atoms with Gasteiger partial charge < -0.3 is 11.5 Å². The number of rotatable bonds is 2. The zero-order valence-electron chi connectivity index (χ0n) is 6.67. The van der Waals surface area contributed by atoms with Crippen LogP contribution >= 0.6 is 0 Å². The predicted molar refractivity (Wildman–Crippen MR) is 46.9 cm³/mol. The van der Waals surface area contributed by atoms with E-state index in [-0.39, 0.29) is 6.04 Å². The predicted octanol–water partition coefficient (Wildman–Crippen LogP) is 1.48. The van der Waals surface area contributed by atoms with Gasteiger partial charge in [0.2, 0.25) is 0 Å². The summed E-state index contributed by atoms with van der Waals surface area (Å²) >= 11 is 0. The Morgan fingerprint density at radius 3 is 2.91 bits per heavy atom. The first kappa shape index (κ1) is 8.08. The van der Waals surface area contributed by atoms with Crippen molar-refractivity contribution >= 4 is 5.69 Å². The van der Waals surface area contributed by atoms with Crippen molar-refractivity contribution in [3.8, 4) is 0 Å². The molecule has 2 heteroatoms. The van der Waals surface area contributed by atoms with Gasteiger partial charge in [0.05, 0.1) is 0 Å². The standard InChI is InChI=1S/C9H13N2/c1-2-8(10)7-5-3-4-6-9(7)11/h3,5-6,8H,2,10-11H2,1H3. The van der Waals surface area contributed by atoms with Crippen LogP contribution in [0.25, 0.3) is 0 Å². The van der Waals surface area contributed by atoms with E-state index in [2.05, 4.69) is 6.07 Å². The molecule has 0 aliphatic carbocycles. The van der Waals surface area contributed by atoms with E-state index in [9.17, 15) is 0 Å². The van der Waals surface area contributed by atoms with Crippen LogP contribution in [0.15, 0.2) is 18.2 Å². The van der Waals surface area contributed by atoms with Gasteiger partial charge in [-0.3, -0.25) is 0 Å². The highest BCUT2D eigenvalue weighted by atomic mass is 14.7. The number of hydrogen-bond acceptors (Lipinski definition) is 2. The lowest BCUT2D eigenvalue weighted by Gasteiger charge is -2.10. The lowest BCUT2D eigenvalue weighted by atomic mass is 10.0. The molecular formula is C9H13N2. The minimum Gasteiger partial charge on any atom is -0.398 e. The maximum absolute atomic E-state index is 5.80. The fourth-order valence-electron chi connectivity index (χ4n) is 1.01. The zero-order valence-corrected chi connectivity index (χ0v) is 6.67. The van der Waals surface area contributed by atoms with Gasteiger partial charge in [-0.2, -0.15) is 0 Å². The second kappa shape index (κ2) is 3.39. The van der Waals surface area contributed by atoms with Crippen molar-refractivity contribution < 1.29 is 0 Å². The lowest BCUT2D eigenvalue weighted by molar-refractivity contribution is 0.701. The van der Waals surface area contributed by atoms with Crippen molar-refractivity contribution in [3.05, 3.63) is 29.8 Å². The summed E-state index contributed by atoms with van der Waals surface area (Å²) in [6, 6.07) is 8.47. The van der Waals surface area contributed by atoms with Crippen LogP contribution < -0.4 is 11.5 Å². The van der Waals surface area contributed by atoms with Crippen molar-refractivity contribution in [1.29, 1.82) is 0 Å². The van der Waals surface area contributed by atoms with E-state index >= 15 is 0 Å². The topological polar surface area (TPSA) is 52.0 Å². The summed E-state index contributed by atoms with van der Waals surface area (Å²) in [7, 11) is 0. The normalized spacial score (nSPS) is 12.9. The molecule has 0 aromatic heterocycles. The zero-order chi connectivity index (χ0) is 8.27. The lowest BCUT2D eigenvalue weighted by Crippen LogP contribution is -2.10. The quantitative estimate of drug-likeness (QED) is 0.626. The van der Waals surface area contributed by atoms with Crippen LogP contribution in [0, 0.1) is 6.07 Å². The molecule has 4 N–H and O–H groups in total. The molecule has 11 heavy (non-hydrogen) atoms. The largest absolute Gasteiger partial charge is 0.398 e. The average Bonchev–Trinajstić information content (AvgIpc) is 2.04. The van der Waals surface area contributed by atoms with Crippen molar-refractivity contribution in [2.45, 2.75) is 19.4 Å². The molecule has 2 nitrogen and oxygen atoms in total. The first-order valence-electron chi connectivity index (χ1n) is 3.76. The number of benzene rings is 1. The Hall–Kier alpha value is -1.02. The van der Waals surface area contributed by atoms with Gasteiger partial charge in [0, 0.05) is 11.7 Å². The van der Waals surface area contributed by atoms with Crippen molar-refractivity contribution in [3.63, 3.8) is 0 Å².